The molecule has 0 aliphatic carbocycles. The lowest BCUT2D eigenvalue weighted by Crippen LogP contribution is -2.29. The SMILES string of the molecule is C[C@@H]1Cc2cc(C(O)=C3C(=O)C(=O)N(c4nnc(SCc5ccccc5Cl)s4)[C@H]3c3cccc(Cl)c3)ccc2O1. The number of anilines is 1. The van der Waals surface area contributed by atoms with Crippen molar-refractivity contribution in [1.82, 2.24) is 10.2 Å². The molecule has 3 heterocycles. The number of benzene rings is 3. The molecule has 11 heteroatoms. The Morgan fingerprint density at radius 2 is 1.93 bits per heavy atom. The van der Waals surface area contributed by atoms with Crippen LogP contribution in [0.2, 0.25) is 10.0 Å². The fraction of sp³-hybridized carbons (Fsp3) is 0.172. The third-order valence-electron chi connectivity index (χ3n) is 6.69. The third-order valence-corrected chi connectivity index (χ3v) is 9.40. The molecule has 0 spiro atoms. The average Bonchev–Trinajstić information content (AvgIpc) is 3.63. The molecular weight excluding hydrogens is 589 g/mol. The van der Waals surface area contributed by atoms with Crippen molar-refractivity contribution in [3.63, 3.8) is 0 Å². The number of carbonyl (C=O) groups is 2. The van der Waals surface area contributed by atoms with Crippen LogP contribution >= 0.6 is 46.3 Å². The first-order valence-corrected chi connectivity index (χ1v) is 14.9. The van der Waals surface area contributed by atoms with Crippen LogP contribution in [0.25, 0.3) is 5.76 Å². The average molecular weight is 611 g/mol. The Morgan fingerprint density at radius 1 is 1.10 bits per heavy atom. The molecule has 1 fully saturated rings. The van der Waals surface area contributed by atoms with E-state index in [-0.39, 0.29) is 22.6 Å². The molecule has 0 saturated carbocycles. The number of aliphatic hydroxyl groups excluding tert-OH is 1. The van der Waals surface area contributed by atoms with Crippen LogP contribution < -0.4 is 9.64 Å². The summed E-state index contributed by atoms with van der Waals surface area (Å²) in [5, 5.41) is 21.3. The maximum Gasteiger partial charge on any atom is 0.301 e. The van der Waals surface area contributed by atoms with E-state index in [1.165, 1.54) is 28.0 Å². The number of rotatable bonds is 6. The lowest BCUT2D eigenvalue weighted by Gasteiger charge is -2.22. The Kier molecular flexibility index (Phi) is 7.31. The molecule has 1 saturated heterocycles. The number of nitrogens with zero attached hydrogens (tertiary/aromatic N) is 3. The van der Waals surface area contributed by atoms with Gasteiger partial charge in [0, 0.05) is 27.8 Å². The van der Waals surface area contributed by atoms with E-state index in [0.717, 1.165) is 16.9 Å². The molecule has 7 nitrogen and oxygen atoms in total. The summed E-state index contributed by atoms with van der Waals surface area (Å²) in [6.07, 6.45) is 0.703. The van der Waals surface area contributed by atoms with E-state index in [2.05, 4.69) is 10.2 Å². The summed E-state index contributed by atoms with van der Waals surface area (Å²) in [6, 6.07) is 18.7. The highest BCUT2D eigenvalue weighted by atomic mass is 35.5. The summed E-state index contributed by atoms with van der Waals surface area (Å²) < 4.78 is 6.38. The molecule has 1 aromatic heterocycles. The van der Waals surface area contributed by atoms with Gasteiger partial charge in [-0.1, -0.05) is 76.6 Å². The maximum atomic E-state index is 13.5. The lowest BCUT2D eigenvalue weighted by molar-refractivity contribution is -0.132. The highest BCUT2D eigenvalue weighted by molar-refractivity contribution is 8.00. The largest absolute Gasteiger partial charge is 0.507 e. The first kappa shape index (κ1) is 26.8. The number of carbonyl (C=O) groups excluding carboxylic acids is 2. The van der Waals surface area contributed by atoms with Gasteiger partial charge >= 0.3 is 5.91 Å². The Balaban J connectivity index is 1.39. The van der Waals surface area contributed by atoms with Gasteiger partial charge in [0.2, 0.25) is 5.13 Å². The zero-order valence-electron chi connectivity index (χ0n) is 21.0. The molecule has 6 rings (SSSR count). The molecule has 2 aliphatic rings. The van der Waals surface area contributed by atoms with Gasteiger partial charge in [-0.2, -0.15) is 0 Å². The molecule has 40 heavy (non-hydrogen) atoms. The van der Waals surface area contributed by atoms with Crippen LogP contribution in [-0.4, -0.2) is 33.1 Å². The minimum Gasteiger partial charge on any atom is -0.507 e. The van der Waals surface area contributed by atoms with Crippen molar-refractivity contribution < 1.29 is 19.4 Å². The Bertz CT molecular complexity index is 1690. The van der Waals surface area contributed by atoms with Gasteiger partial charge in [0.15, 0.2) is 4.34 Å². The topological polar surface area (TPSA) is 92.6 Å². The van der Waals surface area contributed by atoms with E-state index < -0.39 is 17.7 Å². The van der Waals surface area contributed by atoms with E-state index in [1.54, 1.807) is 42.5 Å². The summed E-state index contributed by atoms with van der Waals surface area (Å²) in [5.41, 5.74) is 2.81. The lowest BCUT2D eigenvalue weighted by atomic mass is 9.94. The number of Topliss-reactive ketones (excluding diaryl/α,β-unsaturated/α-hetero) is 1. The summed E-state index contributed by atoms with van der Waals surface area (Å²) in [5.74, 6) is -0.583. The van der Waals surface area contributed by atoms with Crippen LogP contribution in [0.3, 0.4) is 0 Å². The van der Waals surface area contributed by atoms with Crippen molar-refractivity contribution in [3.05, 3.63) is 105 Å². The number of hydrogen-bond acceptors (Lipinski definition) is 8. The predicted molar refractivity (Wildman–Crippen MR) is 157 cm³/mol. The molecule has 3 aromatic carbocycles. The summed E-state index contributed by atoms with van der Waals surface area (Å²) in [7, 11) is 0. The number of halogens is 2. The molecule has 2 atom stereocenters. The minimum atomic E-state index is -0.948. The fourth-order valence-electron chi connectivity index (χ4n) is 4.86. The van der Waals surface area contributed by atoms with Crippen molar-refractivity contribution >= 4 is 68.9 Å². The second-order valence-corrected chi connectivity index (χ2v) is 12.4. The quantitative estimate of drug-likeness (QED) is 0.0820. The zero-order chi connectivity index (χ0) is 28.0. The molecule has 0 unspecified atom stereocenters. The second-order valence-electron chi connectivity index (χ2n) is 9.41. The minimum absolute atomic E-state index is 0.0202. The number of aromatic nitrogens is 2. The first-order valence-electron chi connectivity index (χ1n) is 12.4. The maximum absolute atomic E-state index is 13.5. The molecule has 202 valence electrons. The van der Waals surface area contributed by atoms with Crippen LogP contribution in [-0.2, 0) is 21.8 Å². The van der Waals surface area contributed by atoms with Crippen molar-refractivity contribution in [1.29, 1.82) is 0 Å². The zero-order valence-corrected chi connectivity index (χ0v) is 24.2. The highest BCUT2D eigenvalue weighted by Gasteiger charge is 2.48. The van der Waals surface area contributed by atoms with Gasteiger partial charge in [-0.05, 0) is 60.0 Å². The van der Waals surface area contributed by atoms with Gasteiger partial charge in [-0.25, -0.2) is 0 Å². The van der Waals surface area contributed by atoms with Crippen LogP contribution in [0, 0.1) is 0 Å². The Hall–Kier alpha value is -3.37. The molecule has 4 aromatic rings. The van der Waals surface area contributed by atoms with E-state index in [0.29, 0.717) is 37.7 Å². The number of thioether (sulfide) groups is 1. The Labute approximate surface area is 248 Å². The monoisotopic (exact) mass is 609 g/mol. The third kappa shape index (κ3) is 4.99. The van der Waals surface area contributed by atoms with Gasteiger partial charge in [0.05, 0.1) is 11.6 Å². The molecule has 2 aliphatic heterocycles. The smallest absolute Gasteiger partial charge is 0.301 e. The van der Waals surface area contributed by atoms with Gasteiger partial charge in [-0.3, -0.25) is 14.5 Å². The van der Waals surface area contributed by atoms with Crippen LogP contribution in [0.4, 0.5) is 5.13 Å². The molecule has 0 radical (unpaired) electrons. The molecule has 1 N–H and O–H groups in total. The van der Waals surface area contributed by atoms with Gasteiger partial charge < -0.3 is 9.84 Å². The number of amides is 1. The molecular formula is C29H21Cl2N3O4S2. The number of ketones is 1. The van der Waals surface area contributed by atoms with E-state index in [9.17, 15) is 14.7 Å². The van der Waals surface area contributed by atoms with Gasteiger partial charge in [-0.15, -0.1) is 10.2 Å². The van der Waals surface area contributed by atoms with E-state index >= 15 is 0 Å². The van der Waals surface area contributed by atoms with Gasteiger partial charge in [0.25, 0.3) is 5.78 Å². The summed E-state index contributed by atoms with van der Waals surface area (Å²) in [6.45, 7) is 1.97. The van der Waals surface area contributed by atoms with Crippen LogP contribution in [0.1, 0.15) is 35.2 Å². The van der Waals surface area contributed by atoms with Crippen LogP contribution in [0.5, 0.6) is 5.75 Å². The number of hydrogen-bond donors (Lipinski definition) is 1. The van der Waals surface area contributed by atoms with Crippen molar-refractivity contribution in [2.75, 3.05) is 4.90 Å². The Morgan fingerprint density at radius 3 is 2.73 bits per heavy atom. The predicted octanol–water partition coefficient (Wildman–Crippen LogP) is 7.09. The molecule has 1 amide bonds. The van der Waals surface area contributed by atoms with Crippen molar-refractivity contribution in [3.8, 4) is 5.75 Å². The molecule has 0 bridgehead atoms. The van der Waals surface area contributed by atoms with Crippen molar-refractivity contribution in [2.45, 2.75) is 35.6 Å². The van der Waals surface area contributed by atoms with Crippen molar-refractivity contribution in [2.24, 2.45) is 0 Å². The van der Waals surface area contributed by atoms with Crippen LogP contribution in [0.15, 0.2) is 76.6 Å². The standard InChI is InChI=1S/C29H21Cl2N3O4S2/c1-15-11-19-12-17(9-10-22(19)38-15)25(35)23-24(16-6-4-7-20(30)13-16)34(27(37)26(23)36)28-32-33-29(40-28)39-14-18-5-2-3-8-21(18)31/h2-10,12-13,15,24,35H,11,14H2,1H3/t15-,24+/m1/s1. The normalized spacial score (nSPS) is 19.6. The highest BCUT2D eigenvalue weighted by Crippen LogP contribution is 2.45. The summed E-state index contributed by atoms with van der Waals surface area (Å²) >= 11 is 15.2. The number of ether oxygens (including phenoxy) is 1. The van der Waals surface area contributed by atoms with Gasteiger partial charge in [0.1, 0.15) is 17.6 Å². The first-order chi connectivity index (χ1) is 19.3. The number of aliphatic hydroxyl groups is 1. The fourth-order valence-corrected chi connectivity index (χ4v) is 7.21. The number of fused-ring (bicyclic) bond motifs is 1. The van der Waals surface area contributed by atoms with E-state index in [4.69, 9.17) is 27.9 Å². The van der Waals surface area contributed by atoms with E-state index in [1.807, 2.05) is 31.2 Å². The summed E-state index contributed by atoms with van der Waals surface area (Å²) in [4.78, 5) is 28.2. The second kappa shape index (κ2) is 10.9.